The summed E-state index contributed by atoms with van der Waals surface area (Å²) in [6.07, 6.45) is 7.82. The lowest BCUT2D eigenvalue weighted by Gasteiger charge is -2.24. The van der Waals surface area contributed by atoms with Gasteiger partial charge in [-0.1, -0.05) is 50.8 Å². The molecule has 1 saturated heterocycles. The Bertz CT molecular complexity index is 571. The molecule has 0 saturated carbocycles. The minimum atomic E-state index is -0.0172. The van der Waals surface area contributed by atoms with Gasteiger partial charge in [0, 0.05) is 29.5 Å². The van der Waals surface area contributed by atoms with E-state index in [1.807, 2.05) is 23.6 Å². The molecule has 0 aromatic rings. The van der Waals surface area contributed by atoms with Crippen LogP contribution in [0.3, 0.4) is 0 Å². The summed E-state index contributed by atoms with van der Waals surface area (Å²) < 4.78 is 5.32. The van der Waals surface area contributed by atoms with Gasteiger partial charge in [0.05, 0.1) is 24.7 Å². The maximum Gasteiger partial charge on any atom is 0.0607 e. The number of hydrogen-bond acceptors (Lipinski definition) is 5. The summed E-state index contributed by atoms with van der Waals surface area (Å²) in [5.74, 6) is 6.22. The van der Waals surface area contributed by atoms with Crippen LogP contribution in [0, 0.1) is 17.3 Å². The van der Waals surface area contributed by atoms with Crippen molar-refractivity contribution in [2.75, 3.05) is 32.8 Å². The zero-order valence-electron chi connectivity index (χ0n) is 15.5. The summed E-state index contributed by atoms with van der Waals surface area (Å²) in [7, 11) is 0. The molecule has 0 spiro atoms. The lowest BCUT2D eigenvalue weighted by Crippen LogP contribution is -2.36. The molecule has 0 bridgehead atoms. The molecule has 0 radical (unpaired) electrons. The van der Waals surface area contributed by atoms with E-state index in [0.29, 0.717) is 0 Å². The lowest BCUT2D eigenvalue weighted by molar-refractivity contribution is 0.0443. The topological polar surface area (TPSA) is 38.5 Å². The largest absolute Gasteiger partial charge is 0.401 e. The third-order valence-corrected chi connectivity index (χ3v) is 4.94. The molecule has 3 nitrogen and oxygen atoms in total. The summed E-state index contributed by atoms with van der Waals surface area (Å²) in [6, 6.07) is 0. The third kappa shape index (κ3) is 9.86. The van der Waals surface area contributed by atoms with Crippen LogP contribution in [0.25, 0.3) is 0 Å². The molecule has 138 valence electrons. The molecule has 1 fully saturated rings. The van der Waals surface area contributed by atoms with Gasteiger partial charge in [-0.05, 0) is 11.5 Å². The van der Waals surface area contributed by atoms with E-state index in [4.69, 9.17) is 10.5 Å². The monoisotopic (exact) mass is 378 g/mol. The van der Waals surface area contributed by atoms with E-state index in [-0.39, 0.29) is 10.7 Å². The van der Waals surface area contributed by atoms with Crippen molar-refractivity contribution in [1.29, 1.82) is 0 Å². The number of thioether (sulfide) groups is 1. The molecule has 1 unspecified atom stereocenters. The molecule has 0 aliphatic carbocycles. The molecular weight excluding hydrogens is 348 g/mol. The summed E-state index contributed by atoms with van der Waals surface area (Å²) in [4.78, 5) is 3.03. The van der Waals surface area contributed by atoms with Crippen molar-refractivity contribution in [3.8, 4) is 11.8 Å². The van der Waals surface area contributed by atoms with Gasteiger partial charge in [0.15, 0.2) is 0 Å². The number of nitrogens with zero attached hydrogens (tertiary/aromatic N) is 1. The Balaban J connectivity index is 2.49. The van der Waals surface area contributed by atoms with E-state index in [2.05, 4.69) is 62.8 Å². The summed E-state index contributed by atoms with van der Waals surface area (Å²) in [5.41, 5.74) is 6.93. The van der Waals surface area contributed by atoms with Crippen molar-refractivity contribution in [3.63, 3.8) is 0 Å². The van der Waals surface area contributed by atoms with Crippen LogP contribution >= 0.6 is 24.4 Å². The number of rotatable bonds is 6. The molecule has 1 rings (SSSR count). The van der Waals surface area contributed by atoms with Crippen LogP contribution in [-0.2, 0) is 4.74 Å². The second kappa shape index (κ2) is 11.5. The molecule has 2 N–H and O–H groups in total. The van der Waals surface area contributed by atoms with Crippen molar-refractivity contribution in [2.45, 2.75) is 26.0 Å². The highest BCUT2D eigenvalue weighted by molar-refractivity contribution is 8.03. The molecule has 1 aliphatic heterocycles. The Labute approximate surface area is 162 Å². The van der Waals surface area contributed by atoms with Crippen molar-refractivity contribution >= 4 is 24.4 Å². The number of morpholine rings is 1. The van der Waals surface area contributed by atoms with Gasteiger partial charge in [0.2, 0.25) is 0 Å². The molecule has 25 heavy (non-hydrogen) atoms. The van der Waals surface area contributed by atoms with Gasteiger partial charge in [0.25, 0.3) is 0 Å². The van der Waals surface area contributed by atoms with Crippen LogP contribution in [0.5, 0.6) is 0 Å². The van der Waals surface area contributed by atoms with Gasteiger partial charge in [-0.3, -0.25) is 4.90 Å². The minimum absolute atomic E-state index is 0.0172. The number of hydrogen-bond donors (Lipinski definition) is 2. The van der Waals surface area contributed by atoms with Crippen LogP contribution in [-0.4, -0.2) is 43.0 Å². The van der Waals surface area contributed by atoms with E-state index in [9.17, 15) is 0 Å². The van der Waals surface area contributed by atoms with E-state index < -0.39 is 0 Å². The SMILES string of the molecule is C=CC(/C=C/C=C(\S)C#CCN1CCOCC1)S/C=C(\N)C(C)(C)C. The number of allylic oxidation sites excluding steroid dienone is 4. The van der Waals surface area contributed by atoms with Gasteiger partial charge in [0.1, 0.15) is 0 Å². The fraction of sp³-hybridized carbons (Fsp3) is 0.500. The Morgan fingerprint density at radius 3 is 2.68 bits per heavy atom. The highest BCUT2D eigenvalue weighted by Crippen LogP contribution is 2.25. The van der Waals surface area contributed by atoms with Crippen LogP contribution in [0.1, 0.15) is 20.8 Å². The molecule has 0 aromatic carbocycles. The molecular formula is C20H30N2OS2. The van der Waals surface area contributed by atoms with Gasteiger partial charge < -0.3 is 10.5 Å². The first kappa shape index (κ1) is 22.0. The van der Waals surface area contributed by atoms with Crippen molar-refractivity contribution in [1.82, 2.24) is 4.90 Å². The van der Waals surface area contributed by atoms with Crippen LogP contribution in [0.4, 0.5) is 0 Å². The third-order valence-electron chi connectivity index (χ3n) is 3.63. The van der Waals surface area contributed by atoms with Gasteiger partial charge in [-0.25, -0.2) is 0 Å². The number of nitrogens with two attached hydrogens (primary N) is 1. The van der Waals surface area contributed by atoms with E-state index in [0.717, 1.165) is 43.5 Å². The Kier molecular flexibility index (Phi) is 10.1. The first-order valence-corrected chi connectivity index (χ1v) is 9.82. The van der Waals surface area contributed by atoms with Crippen molar-refractivity contribution in [2.24, 2.45) is 11.1 Å². The zero-order valence-corrected chi connectivity index (χ0v) is 17.2. The van der Waals surface area contributed by atoms with E-state index >= 15 is 0 Å². The fourth-order valence-electron chi connectivity index (χ4n) is 1.81. The summed E-state index contributed by atoms with van der Waals surface area (Å²) in [6.45, 7) is 14.4. The maximum absolute atomic E-state index is 6.07. The predicted molar refractivity (Wildman–Crippen MR) is 115 cm³/mol. The Hall–Kier alpha value is -1.06. The molecule has 1 heterocycles. The first-order valence-electron chi connectivity index (χ1n) is 8.43. The van der Waals surface area contributed by atoms with Crippen LogP contribution in [0.2, 0.25) is 0 Å². The lowest BCUT2D eigenvalue weighted by atomic mass is 9.94. The first-order chi connectivity index (χ1) is 11.8. The Morgan fingerprint density at radius 2 is 2.08 bits per heavy atom. The quantitative estimate of drug-likeness (QED) is 0.319. The zero-order chi connectivity index (χ0) is 18.7. The second-order valence-corrected chi connectivity index (χ2v) is 8.32. The molecule has 0 amide bonds. The number of ether oxygens (including phenoxy) is 1. The maximum atomic E-state index is 6.07. The van der Waals surface area contributed by atoms with Gasteiger partial charge >= 0.3 is 0 Å². The fourth-order valence-corrected chi connectivity index (χ4v) is 2.92. The molecule has 1 atom stereocenters. The van der Waals surface area contributed by atoms with Gasteiger partial charge in [-0.2, -0.15) is 0 Å². The Morgan fingerprint density at radius 1 is 1.40 bits per heavy atom. The molecule has 1 aliphatic rings. The number of thiol groups is 1. The normalized spacial score (nSPS) is 18.7. The van der Waals surface area contributed by atoms with Crippen LogP contribution < -0.4 is 5.73 Å². The average molecular weight is 379 g/mol. The predicted octanol–water partition coefficient (Wildman–Crippen LogP) is 3.83. The highest BCUT2D eigenvalue weighted by Gasteiger charge is 2.13. The summed E-state index contributed by atoms with van der Waals surface area (Å²) >= 11 is 6.06. The van der Waals surface area contributed by atoms with Gasteiger partial charge in [-0.15, -0.1) is 31.0 Å². The smallest absolute Gasteiger partial charge is 0.0607 e. The average Bonchev–Trinajstić information content (AvgIpc) is 2.57. The van der Waals surface area contributed by atoms with Crippen molar-refractivity contribution in [3.05, 3.63) is 46.9 Å². The van der Waals surface area contributed by atoms with E-state index in [1.165, 1.54) is 0 Å². The highest BCUT2D eigenvalue weighted by atomic mass is 32.2. The van der Waals surface area contributed by atoms with E-state index in [1.54, 1.807) is 11.8 Å². The molecule has 5 heteroatoms. The minimum Gasteiger partial charge on any atom is -0.401 e. The van der Waals surface area contributed by atoms with Crippen molar-refractivity contribution < 1.29 is 4.74 Å². The molecule has 0 aromatic heterocycles. The second-order valence-electron chi connectivity index (χ2n) is 6.79. The van der Waals surface area contributed by atoms with Crippen LogP contribution in [0.15, 0.2) is 46.9 Å². The summed E-state index contributed by atoms with van der Waals surface area (Å²) in [5, 5.41) is 2.17. The standard InChI is InChI=1S/C20H30N2OS2/c1-5-18(25-16-19(21)20(2,3)4)10-6-8-17(24)9-7-11-22-12-14-23-15-13-22/h5-6,8,10,16,18,24H,1,11-15,21H2,2-4H3/b10-6+,17-8-,19-16-.